The van der Waals surface area contributed by atoms with Crippen LogP contribution in [0.25, 0.3) is 0 Å². The topological polar surface area (TPSA) is 50.3 Å². The highest BCUT2D eigenvalue weighted by molar-refractivity contribution is 5.35. The third kappa shape index (κ3) is 3.28. The van der Waals surface area contributed by atoms with Gasteiger partial charge in [-0.15, -0.1) is 0 Å². The Kier molecular flexibility index (Phi) is 4.25. The number of nitrogens with one attached hydrogen (secondary N) is 1. The van der Waals surface area contributed by atoms with Gasteiger partial charge in [0.15, 0.2) is 0 Å². The minimum atomic E-state index is -0.598. The van der Waals surface area contributed by atoms with Crippen LogP contribution in [0.5, 0.6) is 5.88 Å². The van der Waals surface area contributed by atoms with E-state index in [1.165, 1.54) is 12.1 Å². The van der Waals surface area contributed by atoms with Gasteiger partial charge in [-0.05, 0) is 36.5 Å². The molecule has 0 aliphatic carbocycles. The van der Waals surface area contributed by atoms with Crippen molar-refractivity contribution >= 4 is 5.95 Å². The summed E-state index contributed by atoms with van der Waals surface area (Å²) >= 11 is 0. The highest BCUT2D eigenvalue weighted by Crippen LogP contribution is 2.30. The molecule has 5 nitrogen and oxygen atoms in total. The van der Waals surface area contributed by atoms with E-state index in [2.05, 4.69) is 20.2 Å². The molecule has 0 unspecified atom stereocenters. The summed E-state index contributed by atoms with van der Waals surface area (Å²) in [5, 5.41) is 3.39. The van der Waals surface area contributed by atoms with Crippen molar-refractivity contribution < 1.29 is 13.5 Å². The molecule has 132 valence electrons. The quantitative estimate of drug-likeness (QED) is 0.922. The average Bonchev–Trinajstić information content (AvgIpc) is 3.19. The highest BCUT2D eigenvalue weighted by atomic mass is 19.1. The number of nitrogens with zero attached hydrogens (tertiary/aromatic N) is 3. The van der Waals surface area contributed by atoms with Crippen LogP contribution in [0.4, 0.5) is 14.7 Å². The van der Waals surface area contributed by atoms with Crippen LogP contribution in [0.3, 0.4) is 0 Å². The SMILES string of the molecule is C[C@@H](Oc1nc(N2C[C@H]3CNC[C@H]3C2)ncc1F)c1ccc(F)cc1. The third-order valence-electron chi connectivity index (χ3n) is 5.00. The Morgan fingerprint density at radius 3 is 2.52 bits per heavy atom. The highest BCUT2D eigenvalue weighted by Gasteiger charge is 2.37. The Morgan fingerprint density at radius 2 is 1.84 bits per heavy atom. The molecule has 2 aliphatic heterocycles. The van der Waals surface area contributed by atoms with Gasteiger partial charge in [-0.3, -0.25) is 0 Å². The van der Waals surface area contributed by atoms with Crippen molar-refractivity contribution in [2.75, 3.05) is 31.1 Å². The third-order valence-corrected chi connectivity index (χ3v) is 5.00. The molecule has 3 heterocycles. The van der Waals surface area contributed by atoms with Crippen molar-refractivity contribution in [2.45, 2.75) is 13.0 Å². The van der Waals surface area contributed by atoms with Gasteiger partial charge in [0.1, 0.15) is 11.9 Å². The maximum Gasteiger partial charge on any atom is 0.255 e. The van der Waals surface area contributed by atoms with Crippen molar-refractivity contribution in [3.8, 4) is 5.88 Å². The number of halogens is 2. The van der Waals surface area contributed by atoms with Crippen LogP contribution in [0.2, 0.25) is 0 Å². The monoisotopic (exact) mass is 346 g/mol. The van der Waals surface area contributed by atoms with Crippen LogP contribution < -0.4 is 15.0 Å². The summed E-state index contributed by atoms with van der Waals surface area (Å²) < 4.78 is 32.8. The maximum absolute atomic E-state index is 14.1. The molecule has 0 radical (unpaired) electrons. The smallest absolute Gasteiger partial charge is 0.255 e. The predicted octanol–water partition coefficient (Wildman–Crippen LogP) is 2.55. The number of hydrogen-bond donors (Lipinski definition) is 1. The Bertz CT molecular complexity index is 743. The lowest BCUT2D eigenvalue weighted by Gasteiger charge is -2.19. The summed E-state index contributed by atoms with van der Waals surface area (Å²) in [5.41, 5.74) is 0.753. The summed E-state index contributed by atoms with van der Waals surface area (Å²) in [5.74, 6) is 0.695. The van der Waals surface area contributed by atoms with Gasteiger partial charge >= 0.3 is 0 Å². The second kappa shape index (κ2) is 6.55. The zero-order valence-electron chi connectivity index (χ0n) is 14.0. The maximum atomic E-state index is 14.1. The first-order valence-corrected chi connectivity index (χ1v) is 8.50. The van der Waals surface area contributed by atoms with Crippen molar-refractivity contribution in [1.82, 2.24) is 15.3 Å². The molecule has 0 saturated carbocycles. The van der Waals surface area contributed by atoms with E-state index in [1.807, 2.05) is 0 Å². The summed E-state index contributed by atoms with van der Waals surface area (Å²) in [6.07, 6.45) is 0.710. The Hall–Kier alpha value is -2.28. The lowest BCUT2D eigenvalue weighted by molar-refractivity contribution is 0.205. The van der Waals surface area contributed by atoms with E-state index in [4.69, 9.17) is 4.74 Å². The number of benzene rings is 1. The molecule has 0 bridgehead atoms. The van der Waals surface area contributed by atoms with E-state index in [-0.39, 0.29) is 11.7 Å². The Morgan fingerprint density at radius 1 is 1.16 bits per heavy atom. The molecule has 2 aliphatic rings. The normalized spacial score (nSPS) is 23.6. The van der Waals surface area contributed by atoms with Crippen LogP contribution in [-0.4, -0.2) is 36.1 Å². The first-order chi connectivity index (χ1) is 12.1. The van der Waals surface area contributed by atoms with E-state index >= 15 is 0 Å². The van der Waals surface area contributed by atoms with Gasteiger partial charge in [0.2, 0.25) is 11.8 Å². The molecule has 0 spiro atoms. The number of anilines is 1. The molecular formula is C18H20F2N4O. The Labute approximate surface area is 145 Å². The number of rotatable bonds is 4. The summed E-state index contributed by atoms with van der Waals surface area (Å²) in [7, 11) is 0. The van der Waals surface area contributed by atoms with Crippen LogP contribution >= 0.6 is 0 Å². The molecule has 4 rings (SSSR count). The van der Waals surface area contributed by atoms with Crippen LogP contribution in [0.15, 0.2) is 30.5 Å². The van der Waals surface area contributed by atoms with Crippen molar-refractivity contribution in [1.29, 1.82) is 0 Å². The van der Waals surface area contributed by atoms with Gasteiger partial charge in [-0.25, -0.2) is 9.37 Å². The zero-order valence-corrected chi connectivity index (χ0v) is 14.0. The molecule has 2 fully saturated rings. The largest absolute Gasteiger partial charge is 0.468 e. The van der Waals surface area contributed by atoms with Crippen molar-refractivity contribution in [2.24, 2.45) is 11.8 Å². The fraction of sp³-hybridized carbons (Fsp3) is 0.444. The van der Waals surface area contributed by atoms with Crippen LogP contribution in [0.1, 0.15) is 18.6 Å². The van der Waals surface area contributed by atoms with Gasteiger partial charge in [0, 0.05) is 26.2 Å². The number of fused-ring (bicyclic) bond motifs is 1. The van der Waals surface area contributed by atoms with Gasteiger partial charge in [-0.2, -0.15) is 9.37 Å². The molecule has 2 aromatic rings. The van der Waals surface area contributed by atoms with Gasteiger partial charge in [0.25, 0.3) is 5.88 Å². The number of hydrogen-bond acceptors (Lipinski definition) is 5. The van der Waals surface area contributed by atoms with E-state index in [1.54, 1.807) is 19.1 Å². The van der Waals surface area contributed by atoms with E-state index in [0.717, 1.165) is 37.9 Å². The first-order valence-electron chi connectivity index (χ1n) is 8.50. The fourth-order valence-electron chi connectivity index (χ4n) is 3.57. The molecule has 3 atom stereocenters. The number of aromatic nitrogens is 2. The summed E-state index contributed by atoms with van der Waals surface area (Å²) in [6.45, 7) is 5.54. The molecule has 1 N–H and O–H groups in total. The van der Waals surface area contributed by atoms with E-state index in [0.29, 0.717) is 17.8 Å². The second-order valence-corrected chi connectivity index (χ2v) is 6.72. The minimum absolute atomic E-state index is 0.0722. The first kappa shape index (κ1) is 16.2. The van der Waals surface area contributed by atoms with Gasteiger partial charge < -0.3 is 15.0 Å². The number of ether oxygens (including phenoxy) is 1. The lowest BCUT2D eigenvalue weighted by Crippen LogP contribution is -2.27. The van der Waals surface area contributed by atoms with Gasteiger partial charge in [0.05, 0.1) is 6.20 Å². The summed E-state index contributed by atoms with van der Waals surface area (Å²) in [4.78, 5) is 10.5. The van der Waals surface area contributed by atoms with Crippen LogP contribution in [-0.2, 0) is 0 Å². The Balaban J connectivity index is 1.50. The standard InChI is InChI=1S/C18H20F2N4O/c1-11(12-2-4-15(19)5-3-12)25-17-16(20)8-22-18(23-17)24-9-13-6-21-7-14(13)10-24/h2-5,8,11,13-14,21H,6-7,9-10H2,1H3/t11-,13-,14+/m1/s1. The average molecular weight is 346 g/mol. The van der Waals surface area contributed by atoms with Crippen molar-refractivity contribution in [3.63, 3.8) is 0 Å². The second-order valence-electron chi connectivity index (χ2n) is 6.72. The minimum Gasteiger partial charge on any atom is -0.468 e. The fourth-order valence-corrected chi connectivity index (χ4v) is 3.57. The molecule has 1 aromatic carbocycles. The lowest BCUT2D eigenvalue weighted by atomic mass is 10.0. The van der Waals surface area contributed by atoms with Crippen LogP contribution in [0, 0.1) is 23.5 Å². The molecule has 0 amide bonds. The van der Waals surface area contributed by atoms with Gasteiger partial charge in [-0.1, -0.05) is 12.1 Å². The zero-order chi connectivity index (χ0) is 17.4. The molecule has 1 aromatic heterocycles. The molecule has 7 heteroatoms. The van der Waals surface area contributed by atoms with Crippen molar-refractivity contribution in [3.05, 3.63) is 47.7 Å². The molecular weight excluding hydrogens is 326 g/mol. The predicted molar refractivity (Wildman–Crippen MR) is 89.5 cm³/mol. The molecule has 25 heavy (non-hydrogen) atoms. The molecule has 2 saturated heterocycles. The van der Waals surface area contributed by atoms with E-state index < -0.39 is 11.9 Å². The van der Waals surface area contributed by atoms with E-state index in [9.17, 15) is 8.78 Å². The summed E-state index contributed by atoms with van der Waals surface area (Å²) in [6, 6.07) is 5.95.